The molecule has 1 spiro atoms. The normalized spacial score (nSPS) is 37.4. The summed E-state index contributed by atoms with van der Waals surface area (Å²) < 4.78 is 0. The third kappa shape index (κ3) is 3.17. The standard InChI is InChI=1S/C24H36N4O/c1-17(2)28-23(29)26(3)16-24(28)11-20-9-10-21(12-24)27(20)15-19-13-25-14-22(19)18-7-5-4-6-8-18/h4-8,17,19-22,25H,9-16H2,1-3H3/t19-,20?,21?,22-,24?/m1/s1. The average Bonchev–Trinajstić information content (AvgIpc) is 3.32. The highest BCUT2D eigenvalue weighted by atomic mass is 16.2. The molecule has 158 valence electrons. The fourth-order valence-electron chi connectivity index (χ4n) is 7.06. The first-order valence-electron chi connectivity index (χ1n) is 11.5. The van der Waals surface area contributed by atoms with Crippen molar-refractivity contribution < 1.29 is 4.79 Å². The van der Waals surface area contributed by atoms with Crippen molar-refractivity contribution in [3.63, 3.8) is 0 Å². The Morgan fingerprint density at radius 3 is 2.45 bits per heavy atom. The van der Waals surface area contributed by atoms with Gasteiger partial charge in [-0.25, -0.2) is 4.79 Å². The number of carbonyl (C=O) groups is 1. The predicted molar refractivity (Wildman–Crippen MR) is 116 cm³/mol. The van der Waals surface area contributed by atoms with Crippen LogP contribution >= 0.6 is 0 Å². The van der Waals surface area contributed by atoms with Gasteiger partial charge in [0.1, 0.15) is 0 Å². The van der Waals surface area contributed by atoms with Crippen molar-refractivity contribution in [1.29, 1.82) is 0 Å². The molecule has 1 aromatic carbocycles. The lowest BCUT2D eigenvalue weighted by atomic mass is 9.80. The Morgan fingerprint density at radius 1 is 1.10 bits per heavy atom. The van der Waals surface area contributed by atoms with Crippen molar-refractivity contribution in [3.05, 3.63) is 35.9 Å². The van der Waals surface area contributed by atoms with Gasteiger partial charge in [-0.3, -0.25) is 4.90 Å². The van der Waals surface area contributed by atoms with Gasteiger partial charge in [0.15, 0.2) is 0 Å². The Hall–Kier alpha value is -1.59. The Kier molecular flexibility index (Phi) is 4.86. The van der Waals surface area contributed by atoms with Crippen LogP contribution in [0.15, 0.2) is 30.3 Å². The molecule has 5 rings (SSSR count). The predicted octanol–water partition coefficient (Wildman–Crippen LogP) is 3.13. The van der Waals surface area contributed by atoms with E-state index in [0.29, 0.717) is 23.9 Å². The lowest BCUT2D eigenvalue weighted by Gasteiger charge is -2.50. The third-order valence-electron chi connectivity index (χ3n) is 8.11. The maximum Gasteiger partial charge on any atom is 0.320 e. The summed E-state index contributed by atoms with van der Waals surface area (Å²) in [5, 5.41) is 3.66. The molecule has 5 nitrogen and oxygen atoms in total. The zero-order valence-corrected chi connectivity index (χ0v) is 18.2. The van der Waals surface area contributed by atoms with Crippen LogP contribution in [0.5, 0.6) is 0 Å². The van der Waals surface area contributed by atoms with Crippen LogP contribution < -0.4 is 5.32 Å². The molecule has 4 saturated heterocycles. The lowest BCUT2D eigenvalue weighted by Crippen LogP contribution is -2.60. The molecule has 5 heteroatoms. The molecule has 4 fully saturated rings. The van der Waals surface area contributed by atoms with Gasteiger partial charge in [0, 0.05) is 50.7 Å². The smallest absolute Gasteiger partial charge is 0.320 e. The first kappa shape index (κ1) is 19.4. The first-order chi connectivity index (χ1) is 14.0. The van der Waals surface area contributed by atoms with Gasteiger partial charge in [0.2, 0.25) is 0 Å². The Labute approximate surface area is 175 Å². The summed E-state index contributed by atoms with van der Waals surface area (Å²) in [7, 11) is 1.98. The van der Waals surface area contributed by atoms with Crippen molar-refractivity contribution in [1.82, 2.24) is 20.0 Å². The van der Waals surface area contributed by atoms with Crippen LogP contribution in [-0.2, 0) is 0 Å². The molecule has 29 heavy (non-hydrogen) atoms. The fourth-order valence-corrected chi connectivity index (χ4v) is 7.06. The van der Waals surface area contributed by atoms with E-state index in [1.807, 2.05) is 11.9 Å². The van der Waals surface area contributed by atoms with Crippen LogP contribution in [0.1, 0.15) is 51.0 Å². The van der Waals surface area contributed by atoms with Crippen LogP contribution in [0, 0.1) is 5.92 Å². The van der Waals surface area contributed by atoms with E-state index >= 15 is 0 Å². The van der Waals surface area contributed by atoms with Crippen molar-refractivity contribution in [3.8, 4) is 0 Å². The second kappa shape index (κ2) is 7.28. The number of carbonyl (C=O) groups excluding carboxylic acids is 1. The molecular formula is C24H36N4O. The summed E-state index contributed by atoms with van der Waals surface area (Å²) >= 11 is 0. The van der Waals surface area contributed by atoms with E-state index in [4.69, 9.17) is 0 Å². The van der Waals surface area contributed by atoms with Crippen LogP contribution in [0.4, 0.5) is 4.79 Å². The number of hydrogen-bond donors (Lipinski definition) is 1. The number of amides is 2. The summed E-state index contributed by atoms with van der Waals surface area (Å²) in [5.74, 6) is 1.31. The Morgan fingerprint density at radius 2 is 1.79 bits per heavy atom. The quantitative estimate of drug-likeness (QED) is 0.850. The van der Waals surface area contributed by atoms with Crippen molar-refractivity contribution in [2.45, 2.75) is 69.1 Å². The highest BCUT2D eigenvalue weighted by molar-refractivity contribution is 5.78. The van der Waals surface area contributed by atoms with E-state index in [1.165, 1.54) is 24.9 Å². The van der Waals surface area contributed by atoms with E-state index in [1.54, 1.807) is 0 Å². The number of rotatable bonds is 4. The minimum atomic E-state index is 0.0507. The minimum Gasteiger partial charge on any atom is -0.325 e. The molecule has 0 aliphatic carbocycles. The molecule has 0 aromatic heterocycles. The lowest BCUT2D eigenvalue weighted by molar-refractivity contribution is 0.0100. The average molecular weight is 397 g/mol. The van der Waals surface area contributed by atoms with Crippen molar-refractivity contribution >= 4 is 6.03 Å². The van der Waals surface area contributed by atoms with Gasteiger partial charge < -0.3 is 15.1 Å². The second-order valence-electron chi connectivity index (χ2n) is 10.3. The highest BCUT2D eigenvalue weighted by Gasteiger charge is 2.57. The highest BCUT2D eigenvalue weighted by Crippen LogP contribution is 2.48. The molecule has 0 saturated carbocycles. The van der Waals surface area contributed by atoms with E-state index in [9.17, 15) is 4.79 Å². The molecule has 2 unspecified atom stereocenters. The topological polar surface area (TPSA) is 38.8 Å². The second-order valence-corrected chi connectivity index (χ2v) is 10.3. The van der Waals surface area contributed by atoms with Gasteiger partial charge in [-0.05, 0) is 57.6 Å². The fraction of sp³-hybridized carbons (Fsp3) is 0.708. The number of likely N-dealkylation sites (N-methyl/N-ethyl adjacent to an activating group) is 1. The summed E-state index contributed by atoms with van der Waals surface area (Å²) in [4.78, 5) is 19.9. The summed E-state index contributed by atoms with van der Waals surface area (Å²) in [6, 6.07) is 12.8. The molecule has 0 radical (unpaired) electrons. The first-order valence-corrected chi connectivity index (χ1v) is 11.5. The molecule has 4 heterocycles. The SMILES string of the molecule is CC(C)N1C(=O)N(C)CC12CC1CCC(C2)N1C[C@H]1CNC[C@@H]1c1ccccc1. The maximum absolute atomic E-state index is 12.8. The largest absolute Gasteiger partial charge is 0.325 e. The van der Waals surface area contributed by atoms with E-state index in [2.05, 4.69) is 59.3 Å². The summed E-state index contributed by atoms with van der Waals surface area (Å²) in [5.41, 5.74) is 1.53. The van der Waals surface area contributed by atoms with Gasteiger partial charge in [-0.2, -0.15) is 0 Å². The van der Waals surface area contributed by atoms with E-state index in [-0.39, 0.29) is 17.6 Å². The molecule has 4 atom stereocenters. The van der Waals surface area contributed by atoms with Crippen molar-refractivity contribution in [2.24, 2.45) is 5.92 Å². The van der Waals surface area contributed by atoms with Gasteiger partial charge in [-0.1, -0.05) is 30.3 Å². The number of piperidine rings is 1. The van der Waals surface area contributed by atoms with Gasteiger partial charge in [-0.15, -0.1) is 0 Å². The minimum absolute atomic E-state index is 0.0507. The molecule has 1 aromatic rings. The molecule has 4 aliphatic heterocycles. The zero-order valence-electron chi connectivity index (χ0n) is 18.2. The van der Waals surface area contributed by atoms with Crippen LogP contribution in [0.3, 0.4) is 0 Å². The number of hydrogen-bond acceptors (Lipinski definition) is 3. The van der Waals surface area contributed by atoms with Crippen LogP contribution in [0.25, 0.3) is 0 Å². The number of fused-ring (bicyclic) bond motifs is 2. The van der Waals surface area contributed by atoms with Gasteiger partial charge in [0.05, 0.1) is 5.54 Å². The number of urea groups is 1. The Bertz CT molecular complexity index is 737. The Balaban J connectivity index is 1.33. The van der Waals surface area contributed by atoms with Crippen LogP contribution in [0.2, 0.25) is 0 Å². The van der Waals surface area contributed by atoms with E-state index < -0.39 is 0 Å². The van der Waals surface area contributed by atoms with Gasteiger partial charge >= 0.3 is 6.03 Å². The molecule has 1 N–H and O–H groups in total. The van der Waals surface area contributed by atoms with Gasteiger partial charge in [0.25, 0.3) is 0 Å². The maximum atomic E-state index is 12.8. The van der Waals surface area contributed by atoms with E-state index in [0.717, 1.165) is 32.5 Å². The molecule has 2 amide bonds. The van der Waals surface area contributed by atoms with Crippen LogP contribution in [-0.4, -0.2) is 77.6 Å². The van der Waals surface area contributed by atoms with Crippen molar-refractivity contribution in [2.75, 3.05) is 33.2 Å². The third-order valence-corrected chi connectivity index (χ3v) is 8.11. The molecule has 2 bridgehead atoms. The number of benzene rings is 1. The number of nitrogens with zero attached hydrogens (tertiary/aromatic N) is 3. The monoisotopic (exact) mass is 396 g/mol. The number of nitrogens with one attached hydrogen (secondary N) is 1. The summed E-state index contributed by atoms with van der Waals surface area (Å²) in [6.45, 7) is 8.69. The zero-order chi connectivity index (χ0) is 20.2. The molecule has 4 aliphatic rings. The molecular weight excluding hydrogens is 360 g/mol. The summed E-state index contributed by atoms with van der Waals surface area (Å²) in [6.07, 6.45) is 4.89.